The second kappa shape index (κ2) is 8.46. The number of nitrogens with zero attached hydrogens (tertiary/aromatic N) is 5. The lowest BCUT2D eigenvalue weighted by Crippen LogP contribution is -2.31. The molecule has 0 aliphatic carbocycles. The summed E-state index contributed by atoms with van der Waals surface area (Å²) in [5.41, 5.74) is 2.32. The van der Waals surface area contributed by atoms with E-state index < -0.39 is 5.60 Å². The van der Waals surface area contributed by atoms with Crippen LogP contribution in [0.5, 0.6) is 5.75 Å². The zero-order valence-electron chi connectivity index (χ0n) is 18.7. The van der Waals surface area contributed by atoms with Gasteiger partial charge in [-0.1, -0.05) is 72.0 Å². The Balaban J connectivity index is 1.43. The highest BCUT2D eigenvalue weighted by atomic mass is 32.1. The monoisotopic (exact) mass is 480 g/mol. The highest BCUT2D eigenvalue weighted by Gasteiger charge is 2.39. The molecule has 0 atom stereocenters. The van der Waals surface area contributed by atoms with Crippen molar-refractivity contribution in [3.05, 3.63) is 108 Å². The Hall–Kier alpha value is -4.34. The van der Waals surface area contributed by atoms with Gasteiger partial charge in [-0.25, -0.2) is 0 Å². The Bertz CT molecular complexity index is 1550. The van der Waals surface area contributed by atoms with E-state index in [1.165, 1.54) is 11.3 Å². The van der Waals surface area contributed by atoms with Crippen LogP contribution in [-0.2, 0) is 5.60 Å². The first-order chi connectivity index (χ1) is 17.2. The molecule has 3 heterocycles. The van der Waals surface area contributed by atoms with Crippen molar-refractivity contribution in [3.8, 4) is 27.7 Å². The van der Waals surface area contributed by atoms with Gasteiger partial charge in [0.2, 0.25) is 4.96 Å². The minimum Gasteiger partial charge on any atom is -0.497 e. The van der Waals surface area contributed by atoms with Gasteiger partial charge in [0.05, 0.1) is 18.5 Å². The molecule has 0 saturated heterocycles. The van der Waals surface area contributed by atoms with Crippen LogP contribution in [0.25, 0.3) is 26.9 Å². The molecule has 0 bridgehead atoms. The smallest absolute Gasteiger partial charge is 0.235 e. The van der Waals surface area contributed by atoms with Crippen molar-refractivity contribution in [2.45, 2.75) is 5.60 Å². The molecule has 0 fully saturated rings. The Morgan fingerprint density at radius 1 is 0.886 bits per heavy atom. The van der Waals surface area contributed by atoms with E-state index >= 15 is 0 Å². The minimum atomic E-state index is -1.53. The van der Waals surface area contributed by atoms with E-state index in [1.54, 1.807) is 11.6 Å². The number of fused-ring (bicyclic) bond motifs is 1. The third kappa shape index (κ3) is 3.58. The van der Waals surface area contributed by atoms with Gasteiger partial charge in [0.25, 0.3) is 0 Å². The first-order valence-electron chi connectivity index (χ1n) is 10.9. The van der Waals surface area contributed by atoms with Crippen molar-refractivity contribution < 1.29 is 9.84 Å². The fourth-order valence-corrected chi connectivity index (χ4v) is 4.88. The summed E-state index contributed by atoms with van der Waals surface area (Å²) in [5.74, 6) is 1.11. The third-order valence-electron chi connectivity index (χ3n) is 5.89. The Kier molecular flexibility index (Phi) is 5.13. The molecule has 3 aromatic carbocycles. The summed E-state index contributed by atoms with van der Waals surface area (Å²) in [6.07, 6.45) is 0. The maximum absolute atomic E-state index is 12.1. The largest absolute Gasteiger partial charge is 0.497 e. The molecule has 172 valence electrons. The third-order valence-corrected chi connectivity index (χ3v) is 6.82. The number of ether oxygens (including phenoxy) is 1. The van der Waals surface area contributed by atoms with Crippen molar-refractivity contribution in [1.82, 2.24) is 30.0 Å². The molecule has 6 rings (SSSR count). The Labute approximate surface area is 204 Å². The lowest BCUT2D eigenvalue weighted by Gasteiger charge is -2.27. The zero-order chi connectivity index (χ0) is 23.8. The van der Waals surface area contributed by atoms with Crippen LogP contribution < -0.4 is 4.74 Å². The Morgan fingerprint density at radius 2 is 1.54 bits per heavy atom. The van der Waals surface area contributed by atoms with Crippen LogP contribution in [0, 0.1) is 0 Å². The van der Waals surface area contributed by atoms with Crippen molar-refractivity contribution in [1.29, 1.82) is 0 Å². The second-order valence-corrected chi connectivity index (χ2v) is 8.92. The van der Waals surface area contributed by atoms with Crippen LogP contribution in [0.15, 0.2) is 91.0 Å². The quantitative estimate of drug-likeness (QED) is 0.363. The Morgan fingerprint density at radius 3 is 2.17 bits per heavy atom. The molecule has 3 aromatic heterocycles. The van der Waals surface area contributed by atoms with Gasteiger partial charge in [-0.2, -0.15) is 14.7 Å². The summed E-state index contributed by atoms with van der Waals surface area (Å²) < 4.78 is 6.84. The van der Waals surface area contributed by atoms with Crippen molar-refractivity contribution in [3.63, 3.8) is 0 Å². The number of rotatable bonds is 6. The van der Waals surface area contributed by atoms with E-state index in [-0.39, 0.29) is 0 Å². The van der Waals surface area contributed by atoms with Crippen LogP contribution in [0.3, 0.4) is 0 Å². The average Bonchev–Trinajstić information content (AvgIpc) is 3.66. The second-order valence-electron chi connectivity index (χ2n) is 7.96. The lowest BCUT2D eigenvalue weighted by molar-refractivity contribution is 0.113. The van der Waals surface area contributed by atoms with E-state index in [0.717, 1.165) is 22.7 Å². The molecule has 0 radical (unpaired) electrons. The molecule has 8 nitrogen and oxygen atoms in total. The normalized spacial score (nSPS) is 11.7. The molecule has 35 heavy (non-hydrogen) atoms. The predicted octanol–water partition coefficient (Wildman–Crippen LogP) is 4.54. The summed E-state index contributed by atoms with van der Waals surface area (Å²) in [6.45, 7) is 0. The fraction of sp³-hybridized carbons (Fsp3) is 0.0769. The number of aromatic amines is 1. The van der Waals surface area contributed by atoms with E-state index in [0.29, 0.717) is 26.9 Å². The van der Waals surface area contributed by atoms with Crippen LogP contribution in [-0.4, -0.2) is 42.2 Å². The summed E-state index contributed by atoms with van der Waals surface area (Å²) in [7, 11) is 1.64. The van der Waals surface area contributed by atoms with Gasteiger partial charge in [0.1, 0.15) is 5.75 Å². The van der Waals surface area contributed by atoms with Crippen LogP contribution >= 0.6 is 11.3 Å². The van der Waals surface area contributed by atoms with Gasteiger partial charge >= 0.3 is 0 Å². The minimum absolute atomic E-state index is 0.322. The molecule has 0 spiro atoms. The predicted molar refractivity (Wildman–Crippen MR) is 133 cm³/mol. The number of hydrogen-bond donors (Lipinski definition) is 2. The van der Waals surface area contributed by atoms with Gasteiger partial charge in [-0.15, -0.1) is 10.2 Å². The van der Waals surface area contributed by atoms with Crippen LogP contribution in [0.2, 0.25) is 0 Å². The molecule has 6 aromatic rings. The number of aromatic nitrogens is 6. The number of aliphatic hydroxyl groups is 1. The first kappa shape index (κ1) is 21.2. The number of methoxy groups -OCH3 is 1. The van der Waals surface area contributed by atoms with Crippen molar-refractivity contribution in [2.24, 2.45) is 0 Å². The molecular formula is C26H20N6O2S. The summed E-state index contributed by atoms with van der Waals surface area (Å²) >= 11 is 1.37. The van der Waals surface area contributed by atoms with Gasteiger partial charge < -0.3 is 9.84 Å². The molecule has 2 N–H and O–H groups in total. The topological polar surface area (TPSA) is 101 Å². The highest BCUT2D eigenvalue weighted by molar-refractivity contribution is 7.19. The van der Waals surface area contributed by atoms with Gasteiger partial charge in [0.15, 0.2) is 16.4 Å². The number of benzene rings is 3. The van der Waals surface area contributed by atoms with Crippen LogP contribution in [0.4, 0.5) is 0 Å². The standard InChI is InChI=1S/C26H20N6O2S/c1-34-20-14-12-17(13-15-20)21-16-22(28-27-21)23-31-32-24(29-30-25(32)35-23)26(33,18-8-4-2-5-9-18)19-10-6-3-7-11-19/h2-16,33H,1H3,(H,27,28). The molecule has 0 aliphatic heterocycles. The maximum Gasteiger partial charge on any atom is 0.235 e. The molecule has 9 heteroatoms. The fourth-order valence-electron chi connectivity index (χ4n) is 4.08. The summed E-state index contributed by atoms with van der Waals surface area (Å²) in [6, 6.07) is 28.5. The highest BCUT2D eigenvalue weighted by Crippen LogP contribution is 2.37. The molecular weight excluding hydrogens is 460 g/mol. The SMILES string of the molecule is COc1ccc(-c2cc(-c3nn4c(C(O)(c5ccccc5)c5ccccc5)nnc4s3)[nH]n2)cc1. The van der Waals surface area contributed by atoms with E-state index in [9.17, 15) is 5.11 Å². The van der Waals surface area contributed by atoms with Gasteiger partial charge in [0, 0.05) is 5.56 Å². The molecule has 0 saturated carbocycles. The molecule has 0 amide bonds. The molecule has 0 aliphatic rings. The lowest BCUT2D eigenvalue weighted by atomic mass is 9.85. The van der Waals surface area contributed by atoms with E-state index in [4.69, 9.17) is 9.84 Å². The number of nitrogens with one attached hydrogen (secondary N) is 1. The van der Waals surface area contributed by atoms with E-state index in [1.807, 2.05) is 91.0 Å². The molecule has 0 unspecified atom stereocenters. The number of hydrogen-bond acceptors (Lipinski definition) is 7. The maximum atomic E-state index is 12.1. The van der Waals surface area contributed by atoms with Crippen molar-refractivity contribution >= 4 is 16.3 Å². The van der Waals surface area contributed by atoms with Crippen molar-refractivity contribution in [2.75, 3.05) is 7.11 Å². The van der Waals surface area contributed by atoms with E-state index in [2.05, 4.69) is 20.4 Å². The summed E-state index contributed by atoms with van der Waals surface area (Å²) in [5, 5.41) is 33.7. The zero-order valence-corrected chi connectivity index (χ0v) is 19.5. The first-order valence-corrected chi connectivity index (χ1v) is 11.7. The summed E-state index contributed by atoms with van der Waals surface area (Å²) in [4.78, 5) is 0.570. The van der Waals surface area contributed by atoms with Gasteiger partial charge in [-0.05, 0) is 41.5 Å². The number of H-pyrrole nitrogens is 1. The average molecular weight is 481 g/mol. The van der Waals surface area contributed by atoms with Crippen LogP contribution in [0.1, 0.15) is 17.0 Å². The van der Waals surface area contributed by atoms with Gasteiger partial charge in [-0.3, -0.25) is 5.10 Å².